The molecule has 3 N–H and O–H groups in total. The highest BCUT2D eigenvalue weighted by Crippen LogP contribution is 2.14. The molecule has 4 heteroatoms. The van der Waals surface area contributed by atoms with Crippen LogP contribution in [0, 0.1) is 5.41 Å². The SMILES string of the molecule is CCCN(C)c1ncccc1C(=N)N. The number of amidine groups is 1. The van der Waals surface area contributed by atoms with Crippen LogP contribution >= 0.6 is 0 Å². The maximum Gasteiger partial charge on any atom is 0.139 e. The molecule has 1 aromatic rings. The Bertz CT molecular complexity index is 322. The van der Waals surface area contributed by atoms with Gasteiger partial charge in [0.25, 0.3) is 0 Å². The van der Waals surface area contributed by atoms with Crippen LogP contribution in [0.3, 0.4) is 0 Å². The van der Waals surface area contributed by atoms with Gasteiger partial charge >= 0.3 is 0 Å². The van der Waals surface area contributed by atoms with Crippen molar-refractivity contribution in [1.82, 2.24) is 4.98 Å². The predicted octanol–water partition coefficient (Wildman–Crippen LogP) is 1.21. The van der Waals surface area contributed by atoms with Crippen molar-refractivity contribution >= 4 is 11.7 Å². The van der Waals surface area contributed by atoms with Crippen molar-refractivity contribution in [1.29, 1.82) is 5.41 Å². The molecule has 4 nitrogen and oxygen atoms in total. The minimum Gasteiger partial charge on any atom is -0.384 e. The molecule has 0 aromatic carbocycles. The second-order valence-electron chi connectivity index (χ2n) is 3.21. The van der Waals surface area contributed by atoms with E-state index in [1.165, 1.54) is 0 Å². The molecule has 0 amide bonds. The Morgan fingerprint density at radius 1 is 1.64 bits per heavy atom. The van der Waals surface area contributed by atoms with E-state index >= 15 is 0 Å². The minimum atomic E-state index is 0.0658. The lowest BCUT2D eigenvalue weighted by Gasteiger charge is -2.19. The minimum absolute atomic E-state index is 0.0658. The Balaban J connectivity index is 3.00. The topological polar surface area (TPSA) is 66.0 Å². The number of hydrogen-bond acceptors (Lipinski definition) is 3. The smallest absolute Gasteiger partial charge is 0.139 e. The maximum atomic E-state index is 7.41. The second kappa shape index (κ2) is 4.60. The molecule has 0 radical (unpaired) electrons. The molecule has 0 aliphatic heterocycles. The van der Waals surface area contributed by atoms with Gasteiger partial charge in [-0.25, -0.2) is 4.98 Å². The van der Waals surface area contributed by atoms with E-state index in [1.54, 1.807) is 12.3 Å². The van der Waals surface area contributed by atoms with Gasteiger partial charge in [-0.15, -0.1) is 0 Å². The molecule has 76 valence electrons. The Morgan fingerprint density at radius 3 is 2.93 bits per heavy atom. The molecule has 0 fully saturated rings. The zero-order valence-electron chi connectivity index (χ0n) is 8.62. The Hall–Kier alpha value is -1.58. The first-order chi connectivity index (χ1) is 6.66. The summed E-state index contributed by atoms with van der Waals surface area (Å²) < 4.78 is 0. The molecule has 0 spiro atoms. The third kappa shape index (κ3) is 2.22. The fraction of sp³-hybridized carbons (Fsp3) is 0.400. The van der Waals surface area contributed by atoms with E-state index in [9.17, 15) is 0 Å². The largest absolute Gasteiger partial charge is 0.384 e. The Morgan fingerprint density at radius 2 is 2.36 bits per heavy atom. The number of hydrogen-bond donors (Lipinski definition) is 2. The first kappa shape index (κ1) is 10.5. The standard InChI is InChI=1S/C10H16N4/c1-3-7-14(2)10-8(9(11)12)5-4-6-13-10/h4-6H,3,7H2,1-2H3,(H3,11,12). The number of rotatable bonds is 4. The highest BCUT2D eigenvalue weighted by Gasteiger charge is 2.09. The Kier molecular flexibility index (Phi) is 3.45. The van der Waals surface area contributed by atoms with E-state index in [-0.39, 0.29) is 5.84 Å². The molecule has 1 rings (SSSR count). The fourth-order valence-corrected chi connectivity index (χ4v) is 1.35. The number of aromatic nitrogens is 1. The molecule has 0 atom stereocenters. The van der Waals surface area contributed by atoms with Crippen LogP contribution in [0.15, 0.2) is 18.3 Å². The van der Waals surface area contributed by atoms with Crippen LogP contribution in [0.25, 0.3) is 0 Å². The zero-order chi connectivity index (χ0) is 10.6. The zero-order valence-corrected chi connectivity index (χ0v) is 8.62. The third-order valence-electron chi connectivity index (χ3n) is 2.00. The summed E-state index contributed by atoms with van der Waals surface area (Å²) in [6.45, 7) is 3.02. The summed E-state index contributed by atoms with van der Waals surface area (Å²) in [6.07, 6.45) is 2.76. The summed E-state index contributed by atoms with van der Waals surface area (Å²) in [7, 11) is 1.96. The van der Waals surface area contributed by atoms with Gasteiger partial charge in [-0.2, -0.15) is 0 Å². The molecule has 1 heterocycles. The number of pyridine rings is 1. The maximum absolute atomic E-state index is 7.41. The van der Waals surface area contributed by atoms with Crippen molar-refractivity contribution in [3.05, 3.63) is 23.9 Å². The fourth-order valence-electron chi connectivity index (χ4n) is 1.35. The van der Waals surface area contributed by atoms with E-state index in [0.29, 0.717) is 5.56 Å². The lowest BCUT2D eigenvalue weighted by molar-refractivity contribution is 0.836. The Labute approximate surface area is 84.3 Å². The van der Waals surface area contributed by atoms with Crippen LogP contribution < -0.4 is 10.6 Å². The molecule has 0 saturated heterocycles. The number of anilines is 1. The average Bonchev–Trinajstić information content (AvgIpc) is 2.18. The molecule has 1 aromatic heterocycles. The summed E-state index contributed by atoms with van der Waals surface area (Å²) in [5.41, 5.74) is 6.16. The van der Waals surface area contributed by atoms with Gasteiger partial charge in [-0.05, 0) is 18.6 Å². The molecule has 0 bridgehead atoms. The summed E-state index contributed by atoms with van der Waals surface area (Å²) in [5.74, 6) is 0.845. The first-order valence-corrected chi connectivity index (χ1v) is 4.67. The van der Waals surface area contributed by atoms with Crippen molar-refractivity contribution in [3.8, 4) is 0 Å². The van der Waals surface area contributed by atoms with Gasteiger partial charge in [0.1, 0.15) is 11.7 Å². The number of nitrogens with two attached hydrogens (primary N) is 1. The monoisotopic (exact) mass is 192 g/mol. The average molecular weight is 192 g/mol. The number of nitrogens with one attached hydrogen (secondary N) is 1. The van der Waals surface area contributed by atoms with Gasteiger partial charge in [0, 0.05) is 19.8 Å². The van der Waals surface area contributed by atoms with Crippen LogP contribution in [-0.2, 0) is 0 Å². The van der Waals surface area contributed by atoms with Gasteiger partial charge in [0.2, 0.25) is 0 Å². The molecule has 14 heavy (non-hydrogen) atoms. The van der Waals surface area contributed by atoms with E-state index in [1.807, 2.05) is 18.0 Å². The van der Waals surface area contributed by atoms with Gasteiger partial charge in [-0.1, -0.05) is 6.92 Å². The van der Waals surface area contributed by atoms with E-state index in [2.05, 4.69) is 11.9 Å². The molecule has 0 unspecified atom stereocenters. The highest BCUT2D eigenvalue weighted by atomic mass is 15.2. The van der Waals surface area contributed by atoms with Crippen LogP contribution in [-0.4, -0.2) is 24.4 Å². The van der Waals surface area contributed by atoms with Crippen molar-refractivity contribution in [3.63, 3.8) is 0 Å². The number of nitrogens with zero attached hydrogens (tertiary/aromatic N) is 2. The lowest BCUT2D eigenvalue weighted by atomic mass is 10.2. The van der Waals surface area contributed by atoms with Crippen molar-refractivity contribution in [2.75, 3.05) is 18.5 Å². The molecule has 0 aliphatic carbocycles. The van der Waals surface area contributed by atoms with Gasteiger partial charge in [0.15, 0.2) is 0 Å². The van der Waals surface area contributed by atoms with E-state index in [0.717, 1.165) is 18.8 Å². The molecular weight excluding hydrogens is 176 g/mol. The van der Waals surface area contributed by atoms with Crippen LogP contribution in [0.2, 0.25) is 0 Å². The second-order valence-corrected chi connectivity index (χ2v) is 3.21. The first-order valence-electron chi connectivity index (χ1n) is 4.67. The summed E-state index contributed by atoms with van der Waals surface area (Å²) in [4.78, 5) is 6.23. The third-order valence-corrected chi connectivity index (χ3v) is 2.00. The quantitative estimate of drug-likeness (QED) is 0.556. The molecular formula is C10H16N4. The van der Waals surface area contributed by atoms with Crippen LogP contribution in [0.5, 0.6) is 0 Å². The van der Waals surface area contributed by atoms with Crippen molar-refractivity contribution < 1.29 is 0 Å². The molecule has 0 aliphatic rings. The van der Waals surface area contributed by atoms with Gasteiger partial charge in [0.05, 0.1) is 5.56 Å². The van der Waals surface area contributed by atoms with Crippen molar-refractivity contribution in [2.45, 2.75) is 13.3 Å². The summed E-state index contributed by atoms with van der Waals surface area (Å²) in [6, 6.07) is 3.61. The van der Waals surface area contributed by atoms with E-state index in [4.69, 9.17) is 11.1 Å². The summed E-state index contributed by atoms with van der Waals surface area (Å²) >= 11 is 0. The van der Waals surface area contributed by atoms with Gasteiger partial charge in [-0.3, -0.25) is 5.41 Å². The lowest BCUT2D eigenvalue weighted by Crippen LogP contribution is -2.24. The van der Waals surface area contributed by atoms with Crippen molar-refractivity contribution in [2.24, 2.45) is 5.73 Å². The van der Waals surface area contributed by atoms with Crippen LogP contribution in [0.1, 0.15) is 18.9 Å². The normalized spacial score (nSPS) is 9.86. The highest BCUT2D eigenvalue weighted by molar-refractivity contribution is 5.99. The molecule has 0 saturated carbocycles. The van der Waals surface area contributed by atoms with Crippen LogP contribution in [0.4, 0.5) is 5.82 Å². The van der Waals surface area contributed by atoms with E-state index < -0.39 is 0 Å². The predicted molar refractivity (Wildman–Crippen MR) is 58.8 cm³/mol. The number of nitrogen functional groups attached to an aromatic ring is 1. The summed E-state index contributed by atoms with van der Waals surface area (Å²) in [5, 5.41) is 7.41. The van der Waals surface area contributed by atoms with Gasteiger partial charge < -0.3 is 10.6 Å².